The summed E-state index contributed by atoms with van der Waals surface area (Å²) < 4.78 is 1.79. The number of thiophene rings is 1. The highest BCUT2D eigenvalue weighted by atomic mass is 32.1. The number of aliphatic hydroxyl groups excluding tert-OH is 1. The van der Waals surface area contributed by atoms with Crippen molar-refractivity contribution in [2.45, 2.75) is 25.5 Å². The largest absolute Gasteiger partial charge is 0.392 e. The van der Waals surface area contributed by atoms with Crippen molar-refractivity contribution >= 4 is 23.1 Å². The van der Waals surface area contributed by atoms with Gasteiger partial charge >= 0.3 is 0 Å². The molecule has 3 rings (SSSR count). The Morgan fingerprint density at radius 1 is 1.50 bits per heavy atom. The first-order valence-electron chi connectivity index (χ1n) is 7.45. The van der Waals surface area contributed by atoms with Crippen LogP contribution in [0.1, 0.15) is 17.7 Å². The molecule has 1 aliphatic heterocycles. The van der Waals surface area contributed by atoms with Crippen LogP contribution >= 0.6 is 11.3 Å². The number of nitrogens with zero attached hydrogens (tertiary/aromatic N) is 3. The molecule has 2 N–H and O–H groups in total. The van der Waals surface area contributed by atoms with Crippen LogP contribution in [0.3, 0.4) is 0 Å². The highest BCUT2D eigenvalue weighted by molar-refractivity contribution is 7.09. The number of nitrogens with one attached hydrogen (secondary N) is 1. The molecule has 0 aliphatic carbocycles. The maximum atomic E-state index is 12.2. The van der Waals surface area contributed by atoms with E-state index in [1.54, 1.807) is 28.3 Å². The molecule has 0 aromatic carbocycles. The Labute approximate surface area is 133 Å². The van der Waals surface area contributed by atoms with Crippen molar-refractivity contribution in [3.05, 3.63) is 34.7 Å². The molecule has 3 heterocycles. The maximum absolute atomic E-state index is 12.2. The van der Waals surface area contributed by atoms with Gasteiger partial charge in [0.25, 0.3) is 0 Å². The fraction of sp³-hybridized carbons (Fsp3) is 0.467. The van der Waals surface area contributed by atoms with Gasteiger partial charge in [0.15, 0.2) is 0 Å². The molecule has 22 heavy (non-hydrogen) atoms. The van der Waals surface area contributed by atoms with Gasteiger partial charge in [0.05, 0.1) is 25.4 Å². The van der Waals surface area contributed by atoms with Crippen LogP contribution < -0.4 is 5.32 Å². The normalized spacial score (nSPS) is 19.2. The fourth-order valence-corrected chi connectivity index (χ4v) is 3.36. The van der Waals surface area contributed by atoms with Crippen LogP contribution in [0.15, 0.2) is 29.8 Å². The van der Waals surface area contributed by atoms with Gasteiger partial charge in [-0.15, -0.1) is 11.3 Å². The van der Waals surface area contributed by atoms with Crippen LogP contribution in [0.2, 0.25) is 0 Å². The Morgan fingerprint density at radius 2 is 2.41 bits per heavy atom. The van der Waals surface area contributed by atoms with Gasteiger partial charge in [-0.25, -0.2) is 4.68 Å². The van der Waals surface area contributed by atoms with Crippen molar-refractivity contribution < 1.29 is 9.90 Å². The summed E-state index contributed by atoms with van der Waals surface area (Å²) in [5, 5.41) is 18.8. The number of carbonyl (C=O) groups is 1. The van der Waals surface area contributed by atoms with Crippen LogP contribution in [-0.4, -0.2) is 51.4 Å². The number of amides is 1. The summed E-state index contributed by atoms with van der Waals surface area (Å²) in [6.45, 7) is 2.39. The second-order valence-electron chi connectivity index (χ2n) is 5.53. The van der Waals surface area contributed by atoms with E-state index in [1.165, 1.54) is 4.88 Å². The summed E-state index contributed by atoms with van der Waals surface area (Å²) in [6, 6.07) is 5.85. The number of rotatable bonds is 5. The fourth-order valence-electron chi connectivity index (χ4n) is 2.68. The van der Waals surface area contributed by atoms with E-state index in [9.17, 15) is 9.90 Å². The molecule has 0 bridgehead atoms. The van der Waals surface area contributed by atoms with Crippen LogP contribution in [0.5, 0.6) is 0 Å². The summed E-state index contributed by atoms with van der Waals surface area (Å²) in [6.07, 6.45) is 3.13. The average Bonchev–Trinajstić information content (AvgIpc) is 3.12. The lowest BCUT2D eigenvalue weighted by atomic mass is 10.1. The molecule has 6 nitrogen and oxygen atoms in total. The average molecular weight is 320 g/mol. The van der Waals surface area contributed by atoms with Crippen molar-refractivity contribution in [1.82, 2.24) is 14.7 Å². The zero-order valence-corrected chi connectivity index (χ0v) is 13.1. The number of aliphatic hydroxyl groups is 1. The summed E-state index contributed by atoms with van der Waals surface area (Å²) in [5.74, 6) is 0.637. The quantitative estimate of drug-likeness (QED) is 0.873. The third-order valence-corrected chi connectivity index (χ3v) is 4.58. The smallest absolute Gasteiger partial charge is 0.239 e. The van der Waals surface area contributed by atoms with Gasteiger partial charge in [-0.3, -0.25) is 9.69 Å². The lowest BCUT2D eigenvalue weighted by molar-refractivity contribution is -0.118. The standard InChI is InChI=1S/C15H20N4O2S/c20-12-3-1-7-18(9-12)11-15(21)17-14-5-6-16-19(14)10-13-4-2-8-22-13/h2,4-6,8,12,20H,1,3,7,9-11H2,(H,17,21). The van der Waals surface area contributed by atoms with Crippen molar-refractivity contribution in [2.24, 2.45) is 0 Å². The van der Waals surface area contributed by atoms with Crippen LogP contribution in [0.25, 0.3) is 0 Å². The molecule has 2 aromatic heterocycles. The van der Waals surface area contributed by atoms with E-state index in [1.807, 2.05) is 22.4 Å². The van der Waals surface area contributed by atoms with Gasteiger partial charge < -0.3 is 10.4 Å². The van der Waals surface area contributed by atoms with Crippen LogP contribution in [0, 0.1) is 0 Å². The summed E-state index contributed by atoms with van der Waals surface area (Å²) in [7, 11) is 0. The predicted molar refractivity (Wildman–Crippen MR) is 86.0 cm³/mol. The number of likely N-dealkylation sites (tertiary alicyclic amines) is 1. The zero-order valence-electron chi connectivity index (χ0n) is 12.3. The Morgan fingerprint density at radius 3 is 3.18 bits per heavy atom. The first-order chi connectivity index (χ1) is 10.7. The SMILES string of the molecule is O=C(CN1CCCC(O)C1)Nc1ccnn1Cc1cccs1. The number of β-amino-alcohol motifs (C(OH)–C–C–N with tert-alkyl or cyclic N) is 1. The maximum Gasteiger partial charge on any atom is 0.239 e. The van der Waals surface area contributed by atoms with Gasteiger partial charge in [0.2, 0.25) is 5.91 Å². The van der Waals surface area contributed by atoms with E-state index >= 15 is 0 Å². The first kappa shape index (κ1) is 15.2. The number of hydrogen-bond donors (Lipinski definition) is 2. The van der Waals surface area contributed by atoms with E-state index < -0.39 is 0 Å². The second-order valence-corrected chi connectivity index (χ2v) is 6.57. The highest BCUT2D eigenvalue weighted by Crippen LogP contribution is 2.15. The number of anilines is 1. The van der Waals surface area contributed by atoms with Gasteiger partial charge in [-0.1, -0.05) is 6.07 Å². The molecule has 1 saturated heterocycles. The molecule has 1 unspecified atom stereocenters. The molecule has 2 aromatic rings. The summed E-state index contributed by atoms with van der Waals surface area (Å²) >= 11 is 1.67. The Hall–Kier alpha value is -1.70. The highest BCUT2D eigenvalue weighted by Gasteiger charge is 2.20. The Balaban J connectivity index is 1.56. The molecule has 1 amide bonds. The van der Waals surface area contributed by atoms with Gasteiger partial charge in [0.1, 0.15) is 5.82 Å². The molecular formula is C15H20N4O2S. The Kier molecular flexibility index (Phi) is 4.87. The number of piperidine rings is 1. The number of hydrogen-bond acceptors (Lipinski definition) is 5. The van der Waals surface area contributed by atoms with Gasteiger partial charge in [-0.05, 0) is 30.8 Å². The topological polar surface area (TPSA) is 70.4 Å². The minimum atomic E-state index is -0.314. The van der Waals surface area contributed by atoms with Crippen LogP contribution in [0.4, 0.5) is 5.82 Å². The number of aromatic nitrogens is 2. The molecule has 0 radical (unpaired) electrons. The lowest BCUT2D eigenvalue weighted by Crippen LogP contribution is -2.42. The molecule has 7 heteroatoms. The first-order valence-corrected chi connectivity index (χ1v) is 8.33. The summed E-state index contributed by atoms with van der Waals surface area (Å²) in [5.41, 5.74) is 0. The minimum Gasteiger partial charge on any atom is -0.392 e. The van der Waals surface area contributed by atoms with E-state index in [0.29, 0.717) is 25.5 Å². The van der Waals surface area contributed by atoms with Crippen molar-refractivity contribution in [3.63, 3.8) is 0 Å². The van der Waals surface area contributed by atoms with Crippen molar-refractivity contribution in [3.8, 4) is 0 Å². The van der Waals surface area contributed by atoms with Gasteiger partial charge in [0, 0.05) is 17.5 Å². The molecule has 118 valence electrons. The third kappa shape index (κ3) is 3.94. The molecule has 1 aliphatic rings. The lowest BCUT2D eigenvalue weighted by Gasteiger charge is -2.29. The Bertz CT molecular complexity index is 611. The molecular weight excluding hydrogens is 300 g/mol. The third-order valence-electron chi connectivity index (χ3n) is 3.72. The molecule has 1 fully saturated rings. The van der Waals surface area contributed by atoms with Crippen molar-refractivity contribution in [2.75, 3.05) is 25.0 Å². The van der Waals surface area contributed by atoms with E-state index in [-0.39, 0.29) is 12.0 Å². The summed E-state index contributed by atoms with van der Waals surface area (Å²) in [4.78, 5) is 15.3. The van der Waals surface area contributed by atoms with Crippen LogP contribution in [-0.2, 0) is 11.3 Å². The second kappa shape index (κ2) is 7.04. The van der Waals surface area contributed by atoms with E-state index in [4.69, 9.17) is 0 Å². The predicted octanol–water partition coefficient (Wildman–Crippen LogP) is 1.39. The zero-order chi connectivity index (χ0) is 15.4. The molecule has 1 atom stereocenters. The molecule has 0 saturated carbocycles. The van der Waals surface area contributed by atoms with E-state index in [0.717, 1.165) is 19.4 Å². The van der Waals surface area contributed by atoms with Gasteiger partial charge in [-0.2, -0.15) is 5.10 Å². The van der Waals surface area contributed by atoms with Crippen molar-refractivity contribution in [1.29, 1.82) is 0 Å². The number of carbonyl (C=O) groups excluding carboxylic acids is 1. The monoisotopic (exact) mass is 320 g/mol. The van der Waals surface area contributed by atoms with E-state index in [2.05, 4.69) is 10.4 Å². The molecule has 0 spiro atoms. The minimum absolute atomic E-state index is 0.0676.